The molecule has 1 aliphatic heterocycles. The third-order valence-electron chi connectivity index (χ3n) is 4.51. The number of furan rings is 1. The quantitative estimate of drug-likeness (QED) is 0.886. The molecule has 0 aliphatic carbocycles. The molecule has 134 valence electrons. The topological polar surface area (TPSA) is 101 Å². The van der Waals surface area contributed by atoms with Crippen LogP contribution >= 0.6 is 0 Å². The normalized spacial score (nSPS) is 20.2. The molecule has 0 bridgehead atoms. The molecule has 1 fully saturated rings. The number of amides is 2. The van der Waals surface area contributed by atoms with Gasteiger partial charge >= 0.3 is 12.0 Å². The number of hydrogen-bond donors (Lipinski definition) is 2. The Morgan fingerprint density at radius 2 is 2.20 bits per heavy atom. The molecule has 25 heavy (non-hydrogen) atoms. The van der Waals surface area contributed by atoms with Crippen molar-refractivity contribution in [3.63, 3.8) is 0 Å². The van der Waals surface area contributed by atoms with Crippen LogP contribution in [-0.2, 0) is 4.79 Å². The van der Waals surface area contributed by atoms with Gasteiger partial charge in [-0.25, -0.2) is 9.48 Å². The average Bonchev–Trinajstić information content (AvgIpc) is 3.25. The largest absolute Gasteiger partial charge is 0.481 e. The number of carboxylic acids is 1. The molecule has 8 heteroatoms. The van der Waals surface area contributed by atoms with E-state index in [-0.39, 0.29) is 18.6 Å². The van der Waals surface area contributed by atoms with E-state index in [2.05, 4.69) is 10.4 Å². The van der Waals surface area contributed by atoms with Gasteiger partial charge in [-0.2, -0.15) is 5.10 Å². The van der Waals surface area contributed by atoms with Crippen LogP contribution in [0.1, 0.15) is 33.2 Å². The van der Waals surface area contributed by atoms with Gasteiger partial charge in [0.25, 0.3) is 0 Å². The van der Waals surface area contributed by atoms with Gasteiger partial charge in [0.1, 0.15) is 11.5 Å². The van der Waals surface area contributed by atoms with Crippen LogP contribution in [0.2, 0.25) is 0 Å². The molecule has 1 aliphatic rings. The van der Waals surface area contributed by atoms with Gasteiger partial charge < -0.3 is 14.4 Å². The highest BCUT2D eigenvalue weighted by atomic mass is 16.4. The highest BCUT2D eigenvalue weighted by Gasteiger charge is 2.42. The van der Waals surface area contributed by atoms with Crippen LogP contribution in [0.15, 0.2) is 28.9 Å². The fourth-order valence-corrected chi connectivity index (χ4v) is 2.92. The lowest BCUT2D eigenvalue weighted by Gasteiger charge is -2.21. The summed E-state index contributed by atoms with van der Waals surface area (Å²) in [6.45, 7) is 6.19. The molecule has 0 radical (unpaired) electrons. The van der Waals surface area contributed by atoms with Gasteiger partial charge in [0.05, 0.1) is 11.7 Å². The Kier molecular flexibility index (Phi) is 4.28. The summed E-state index contributed by atoms with van der Waals surface area (Å²) in [5.41, 5.74) is -0.264. The molecular weight excluding hydrogens is 324 g/mol. The van der Waals surface area contributed by atoms with Crippen LogP contribution in [0.25, 0.3) is 11.5 Å². The Bertz CT molecular complexity index is 781. The van der Waals surface area contributed by atoms with Crippen LogP contribution in [0.4, 0.5) is 10.6 Å². The van der Waals surface area contributed by atoms with Gasteiger partial charge in [0.2, 0.25) is 0 Å². The fourth-order valence-electron chi connectivity index (χ4n) is 2.92. The van der Waals surface area contributed by atoms with Crippen molar-refractivity contribution in [2.45, 2.75) is 33.2 Å². The number of carbonyl (C=O) groups excluding carboxylic acids is 1. The summed E-state index contributed by atoms with van der Waals surface area (Å²) in [5, 5.41) is 16.6. The van der Waals surface area contributed by atoms with Crippen molar-refractivity contribution in [3.8, 4) is 11.5 Å². The summed E-state index contributed by atoms with van der Waals surface area (Å²) < 4.78 is 7.07. The number of rotatable bonds is 4. The van der Waals surface area contributed by atoms with Crippen LogP contribution in [0.3, 0.4) is 0 Å². The van der Waals surface area contributed by atoms with E-state index in [1.807, 2.05) is 13.8 Å². The zero-order chi connectivity index (χ0) is 18.2. The predicted octanol–water partition coefficient (Wildman–Crippen LogP) is 3.05. The number of urea groups is 1. The molecule has 2 aromatic heterocycles. The lowest BCUT2D eigenvalue weighted by Crippen LogP contribution is -2.37. The molecule has 1 atom stereocenters. The lowest BCUT2D eigenvalue weighted by molar-refractivity contribution is -0.146. The van der Waals surface area contributed by atoms with Crippen molar-refractivity contribution in [2.75, 3.05) is 18.4 Å². The minimum atomic E-state index is -0.894. The Morgan fingerprint density at radius 3 is 2.76 bits per heavy atom. The first kappa shape index (κ1) is 17.1. The Labute approximate surface area is 145 Å². The smallest absolute Gasteiger partial charge is 0.323 e. The van der Waals surface area contributed by atoms with Gasteiger partial charge in [-0.15, -0.1) is 0 Å². The molecule has 2 aromatic rings. The first-order valence-corrected chi connectivity index (χ1v) is 8.23. The lowest BCUT2D eigenvalue weighted by atomic mass is 9.90. The highest BCUT2D eigenvalue weighted by Crippen LogP contribution is 2.31. The van der Waals surface area contributed by atoms with Crippen LogP contribution in [-0.4, -0.2) is 44.9 Å². The van der Waals surface area contributed by atoms with E-state index in [4.69, 9.17) is 4.42 Å². The monoisotopic (exact) mass is 346 g/mol. The maximum atomic E-state index is 12.6. The van der Waals surface area contributed by atoms with E-state index in [0.29, 0.717) is 30.2 Å². The van der Waals surface area contributed by atoms with Gasteiger partial charge in [0, 0.05) is 25.2 Å². The summed E-state index contributed by atoms with van der Waals surface area (Å²) in [6.07, 6.45) is 2.01. The summed E-state index contributed by atoms with van der Waals surface area (Å²) in [5.74, 6) is 0.292. The number of anilines is 1. The Hall–Kier alpha value is -2.77. The van der Waals surface area contributed by atoms with Crippen LogP contribution in [0, 0.1) is 5.41 Å². The van der Waals surface area contributed by atoms with Gasteiger partial charge in [-0.05, 0) is 39.3 Å². The number of likely N-dealkylation sites (tertiary alicyclic amines) is 1. The molecule has 2 N–H and O–H groups in total. The SMILES string of the molecule is CC(C)n1nc(-c2ccco2)cc1NC(=O)N1CCC(C)(C(=O)O)C1. The molecule has 0 spiro atoms. The summed E-state index contributed by atoms with van der Waals surface area (Å²) in [4.78, 5) is 25.4. The van der Waals surface area contributed by atoms with Gasteiger partial charge in [0.15, 0.2) is 5.76 Å². The average molecular weight is 346 g/mol. The molecule has 2 amide bonds. The Balaban J connectivity index is 1.78. The second-order valence-corrected chi connectivity index (χ2v) is 6.90. The van der Waals surface area contributed by atoms with Crippen molar-refractivity contribution in [1.29, 1.82) is 0 Å². The van der Waals surface area contributed by atoms with E-state index < -0.39 is 11.4 Å². The maximum absolute atomic E-state index is 12.6. The van der Waals surface area contributed by atoms with E-state index in [9.17, 15) is 14.7 Å². The molecule has 8 nitrogen and oxygen atoms in total. The summed E-state index contributed by atoms with van der Waals surface area (Å²) >= 11 is 0. The predicted molar refractivity (Wildman–Crippen MR) is 91.3 cm³/mol. The first-order chi connectivity index (χ1) is 11.8. The number of hydrogen-bond acceptors (Lipinski definition) is 4. The molecule has 3 heterocycles. The Morgan fingerprint density at radius 1 is 1.44 bits per heavy atom. The molecular formula is C17H22N4O4. The standard InChI is InChI=1S/C17H22N4O4/c1-11(2)21-14(9-12(19-21)13-5-4-8-25-13)18-16(24)20-7-6-17(3,10-20)15(22)23/h4-5,8-9,11H,6-7,10H2,1-3H3,(H,18,24)(H,22,23). The highest BCUT2D eigenvalue weighted by molar-refractivity contribution is 5.90. The van der Waals surface area contributed by atoms with E-state index in [1.54, 1.807) is 36.1 Å². The van der Waals surface area contributed by atoms with Gasteiger partial charge in [-0.3, -0.25) is 10.1 Å². The fraction of sp³-hybridized carbons (Fsp3) is 0.471. The number of carbonyl (C=O) groups is 2. The summed E-state index contributed by atoms with van der Waals surface area (Å²) in [6, 6.07) is 5.05. The van der Waals surface area contributed by atoms with Crippen LogP contribution < -0.4 is 5.32 Å². The third-order valence-corrected chi connectivity index (χ3v) is 4.51. The second kappa shape index (κ2) is 6.27. The number of aliphatic carboxylic acids is 1. The van der Waals surface area contributed by atoms with E-state index >= 15 is 0 Å². The molecule has 0 aromatic carbocycles. The zero-order valence-corrected chi connectivity index (χ0v) is 14.5. The molecule has 3 rings (SSSR count). The van der Waals surface area contributed by atoms with Crippen molar-refractivity contribution in [1.82, 2.24) is 14.7 Å². The molecule has 0 saturated carbocycles. The number of aromatic nitrogens is 2. The second-order valence-electron chi connectivity index (χ2n) is 6.90. The zero-order valence-electron chi connectivity index (χ0n) is 14.5. The number of nitrogens with zero attached hydrogens (tertiary/aromatic N) is 3. The molecule has 1 unspecified atom stereocenters. The van der Waals surface area contributed by atoms with Crippen molar-refractivity contribution in [2.24, 2.45) is 5.41 Å². The number of nitrogens with one attached hydrogen (secondary N) is 1. The van der Waals surface area contributed by atoms with Crippen molar-refractivity contribution >= 4 is 17.8 Å². The first-order valence-electron chi connectivity index (χ1n) is 8.23. The van der Waals surface area contributed by atoms with E-state index in [0.717, 1.165) is 0 Å². The minimum absolute atomic E-state index is 0.0434. The molecule has 1 saturated heterocycles. The maximum Gasteiger partial charge on any atom is 0.323 e. The van der Waals surface area contributed by atoms with E-state index in [1.165, 1.54) is 4.90 Å². The van der Waals surface area contributed by atoms with Gasteiger partial charge in [-0.1, -0.05) is 0 Å². The van der Waals surface area contributed by atoms with Crippen molar-refractivity contribution in [3.05, 3.63) is 24.5 Å². The summed E-state index contributed by atoms with van der Waals surface area (Å²) in [7, 11) is 0. The van der Waals surface area contributed by atoms with Crippen LogP contribution in [0.5, 0.6) is 0 Å². The third kappa shape index (κ3) is 3.24. The minimum Gasteiger partial charge on any atom is -0.481 e. The van der Waals surface area contributed by atoms with Crippen molar-refractivity contribution < 1.29 is 19.1 Å². The number of carboxylic acid groups (broad SMARTS) is 1.